The van der Waals surface area contributed by atoms with Gasteiger partial charge in [0.2, 0.25) is 0 Å². The van der Waals surface area contributed by atoms with Gasteiger partial charge in [0.25, 0.3) is 5.56 Å². The highest BCUT2D eigenvalue weighted by atomic mass is 16.5. The van der Waals surface area contributed by atoms with Crippen molar-refractivity contribution < 1.29 is 9.84 Å². The molecule has 0 radical (unpaired) electrons. The lowest BCUT2D eigenvalue weighted by Crippen LogP contribution is -2.29. The summed E-state index contributed by atoms with van der Waals surface area (Å²) >= 11 is 0. The van der Waals surface area contributed by atoms with Crippen LogP contribution in [-0.2, 0) is 11.3 Å². The van der Waals surface area contributed by atoms with Crippen molar-refractivity contribution in [3.8, 4) is 0 Å². The molecule has 0 saturated heterocycles. The van der Waals surface area contributed by atoms with Gasteiger partial charge >= 0.3 is 0 Å². The molecule has 1 aliphatic carbocycles. The fraction of sp³-hybridized carbons (Fsp3) is 0.615. The van der Waals surface area contributed by atoms with Gasteiger partial charge in [-0.1, -0.05) is 0 Å². The fourth-order valence-electron chi connectivity index (χ4n) is 2.02. The largest absolute Gasteiger partial charge is 0.383 e. The molecule has 6 heteroatoms. The van der Waals surface area contributed by atoms with Crippen LogP contribution in [0.5, 0.6) is 0 Å². The second kappa shape index (κ2) is 6.29. The molecule has 4 N–H and O–H groups in total. The number of ether oxygens (including phenoxy) is 1. The Morgan fingerprint density at radius 1 is 1.63 bits per heavy atom. The Morgan fingerprint density at radius 3 is 2.95 bits per heavy atom. The minimum absolute atomic E-state index is 0.182. The number of aliphatic hydroxyl groups excluding tert-OH is 1. The SMILES string of the molecule is COCCNCc1cc(C(N)O)c(=O)n(C2CC2)c1. The molecular formula is C13H21N3O3. The van der Waals surface area contributed by atoms with Gasteiger partial charge in [-0.25, -0.2) is 0 Å². The summed E-state index contributed by atoms with van der Waals surface area (Å²) in [6, 6.07) is 1.94. The van der Waals surface area contributed by atoms with Crippen molar-refractivity contribution in [2.45, 2.75) is 31.7 Å². The van der Waals surface area contributed by atoms with Crippen molar-refractivity contribution in [1.82, 2.24) is 9.88 Å². The summed E-state index contributed by atoms with van der Waals surface area (Å²) in [7, 11) is 1.65. The summed E-state index contributed by atoms with van der Waals surface area (Å²) < 4.78 is 6.65. The highest BCUT2D eigenvalue weighted by molar-refractivity contribution is 5.22. The van der Waals surface area contributed by atoms with Gasteiger partial charge in [-0.15, -0.1) is 0 Å². The molecular weight excluding hydrogens is 246 g/mol. The van der Waals surface area contributed by atoms with E-state index in [0.717, 1.165) is 24.9 Å². The third-order valence-corrected chi connectivity index (χ3v) is 3.20. The molecule has 0 amide bonds. The number of methoxy groups -OCH3 is 1. The van der Waals surface area contributed by atoms with E-state index in [0.29, 0.717) is 13.2 Å². The summed E-state index contributed by atoms with van der Waals surface area (Å²) in [5, 5.41) is 12.7. The number of hydrogen-bond acceptors (Lipinski definition) is 5. The van der Waals surface area contributed by atoms with Gasteiger partial charge in [0, 0.05) is 32.4 Å². The maximum absolute atomic E-state index is 12.1. The number of rotatable bonds is 7. The minimum atomic E-state index is -1.23. The molecule has 2 rings (SSSR count). The van der Waals surface area contributed by atoms with E-state index < -0.39 is 6.23 Å². The molecule has 1 heterocycles. The lowest BCUT2D eigenvalue weighted by molar-refractivity contribution is 0.183. The Hall–Kier alpha value is -1.21. The zero-order chi connectivity index (χ0) is 13.8. The zero-order valence-electron chi connectivity index (χ0n) is 11.1. The second-order valence-electron chi connectivity index (χ2n) is 4.86. The molecule has 1 unspecified atom stereocenters. The van der Waals surface area contributed by atoms with E-state index in [2.05, 4.69) is 5.32 Å². The third kappa shape index (κ3) is 3.63. The van der Waals surface area contributed by atoms with Gasteiger partial charge in [-0.05, 0) is 24.5 Å². The van der Waals surface area contributed by atoms with Crippen LogP contribution in [0.2, 0.25) is 0 Å². The maximum Gasteiger partial charge on any atom is 0.258 e. The molecule has 0 aliphatic heterocycles. The molecule has 6 nitrogen and oxygen atoms in total. The molecule has 1 aromatic rings. The summed E-state index contributed by atoms with van der Waals surface area (Å²) in [6.07, 6.45) is 2.66. The molecule has 0 bridgehead atoms. The first kappa shape index (κ1) is 14.2. The van der Waals surface area contributed by atoms with Crippen LogP contribution in [-0.4, -0.2) is 29.9 Å². The highest BCUT2D eigenvalue weighted by Gasteiger charge is 2.26. The van der Waals surface area contributed by atoms with E-state index in [1.54, 1.807) is 17.7 Å². The number of aliphatic hydroxyl groups is 1. The number of pyridine rings is 1. The smallest absolute Gasteiger partial charge is 0.258 e. The first-order valence-corrected chi connectivity index (χ1v) is 6.51. The van der Waals surface area contributed by atoms with Crippen molar-refractivity contribution in [1.29, 1.82) is 0 Å². The van der Waals surface area contributed by atoms with E-state index in [4.69, 9.17) is 10.5 Å². The second-order valence-corrected chi connectivity index (χ2v) is 4.86. The van der Waals surface area contributed by atoms with Gasteiger partial charge in [0.1, 0.15) is 6.23 Å². The van der Waals surface area contributed by atoms with Crippen LogP contribution < -0.4 is 16.6 Å². The van der Waals surface area contributed by atoms with Crippen LogP contribution >= 0.6 is 0 Å². The van der Waals surface area contributed by atoms with Crippen LogP contribution in [0.3, 0.4) is 0 Å². The normalized spacial score (nSPS) is 16.6. The first-order chi connectivity index (χ1) is 9.13. The number of nitrogens with two attached hydrogens (primary N) is 1. The average Bonchev–Trinajstić information content (AvgIpc) is 3.20. The predicted octanol–water partition coefficient (Wildman–Crippen LogP) is -0.131. The lowest BCUT2D eigenvalue weighted by Gasteiger charge is -2.13. The van der Waals surface area contributed by atoms with Gasteiger partial charge < -0.3 is 25.5 Å². The molecule has 0 spiro atoms. The lowest BCUT2D eigenvalue weighted by atomic mass is 10.1. The number of nitrogens with zero attached hydrogens (tertiary/aromatic N) is 1. The van der Waals surface area contributed by atoms with Crippen molar-refractivity contribution in [2.24, 2.45) is 5.73 Å². The molecule has 1 aromatic heterocycles. The van der Waals surface area contributed by atoms with Gasteiger partial charge in [-0.2, -0.15) is 0 Å². The van der Waals surface area contributed by atoms with Crippen LogP contribution in [0.4, 0.5) is 0 Å². The van der Waals surface area contributed by atoms with Crippen molar-refractivity contribution in [3.05, 3.63) is 33.7 Å². The van der Waals surface area contributed by atoms with E-state index in [1.807, 2.05) is 6.20 Å². The number of aromatic nitrogens is 1. The first-order valence-electron chi connectivity index (χ1n) is 6.51. The maximum atomic E-state index is 12.1. The van der Waals surface area contributed by atoms with Crippen molar-refractivity contribution in [2.75, 3.05) is 20.3 Å². The van der Waals surface area contributed by atoms with E-state index in [-0.39, 0.29) is 17.2 Å². The molecule has 1 atom stereocenters. The highest BCUT2D eigenvalue weighted by Crippen LogP contribution is 2.33. The quantitative estimate of drug-likeness (QED) is 0.473. The van der Waals surface area contributed by atoms with Gasteiger partial charge in [0.15, 0.2) is 0 Å². The molecule has 19 heavy (non-hydrogen) atoms. The number of hydrogen-bond donors (Lipinski definition) is 3. The Labute approximate surface area is 112 Å². The summed E-state index contributed by atoms with van der Waals surface area (Å²) in [5.74, 6) is 0. The summed E-state index contributed by atoms with van der Waals surface area (Å²) in [5.41, 5.74) is 6.48. The van der Waals surface area contributed by atoms with E-state index in [1.165, 1.54) is 0 Å². The third-order valence-electron chi connectivity index (χ3n) is 3.20. The van der Waals surface area contributed by atoms with Gasteiger partial charge in [0.05, 0.1) is 12.2 Å². The van der Waals surface area contributed by atoms with Crippen LogP contribution in [0.15, 0.2) is 17.1 Å². The molecule has 0 aromatic carbocycles. The predicted molar refractivity (Wildman–Crippen MR) is 71.7 cm³/mol. The molecule has 1 aliphatic rings. The van der Waals surface area contributed by atoms with Crippen LogP contribution in [0.1, 0.15) is 36.2 Å². The Balaban J connectivity index is 2.16. The average molecular weight is 267 g/mol. The van der Waals surface area contributed by atoms with Gasteiger partial charge in [-0.3, -0.25) is 4.79 Å². The Bertz CT molecular complexity index is 454. The molecule has 1 saturated carbocycles. The van der Waals surface area contributed by atoms with E-state index in [9.17, 15) is 9.90 Å². The monoisotopic (exact) mass is 267 g/mol. The standard InChI is InChI=1S/C13H21N3O3/c1-19-5-4-15-7-9-6-11(12(14)17)13(18)16(8-9)10-2-3-10/h6,8,10,12,15,17H,2-5,7,14H2,1H3. The van der Waals surface area contributed by atoms with Crippen molar-refractivity contribution >= 4 is 0 Å². The summed E-state index contributed by atoms with van der Waals surface area (Å²) in [6.45, 7) is 1.99. The zero-order valence-corrected chi connectivity index (χ0v) is 11.1. The van der Waals surface area contributed by atoms with Crippen molar-refractivity contribution in [3.63, 3.8) is 0 Å². The van der Waals surface area contributed by atoms with E-state index >= 15 is 0 Å². The Kier molecular flexibility index (Phi) is 4.71. The van der Waals surface area contributed by atoms with Crippen LogP contribution in [0, 0.1) is 0 Å². The van der Waals surface area contributed by atoms with Crippen LogP contribution in [0.25, 0.3) is 0 Å². The molecule has 106 valence electrons. The molecule has 1 fully saturated rings. The topological polar surface area (TPSA) is 89.5 Å². The number of nitrogens with one attached hydrogen (secondary N) is 1. The summed E-state index contributed by atoms with van der Waals surface area (Å²) in [4.78, 5) is 12.1. The Morgan fingerprint density at radius 2 is 2.37 bits per heavy atom. The fourth-order valence-corrected chi connectivity index (χ4v) is 2.02. The minimum Gasteiger partial charge on any atom is -0.383 e.